The molecule has 0 saturated carbocycles. The minimum Gasteiger partial charge on any atom is -0.356 e. The van der Waals surface area contributed by atoms with Gasteiger partial charge in [-0.05, 0) is 35.8 Å². The van der Waals surface area contributed by atoms with Crippen molar-refractivity contribution < 1.29 is 13.2 Å². The number of benzene rings is 2. The van der Waals surface area contributed by atoms with E-state index in [1.54, 1.807) is 31.2 Å². The molecule has 0 spiro atoms. The highest BCUT2D eigenvalue weighted by molar-refractivity contribution is 5.92. The Labute approximate surface area is 133 Å². The van der Waals surface area contributed by atoms with Gasteiger partial charge in [-0.25, -0.2) is 13.2 Å². The van der Waals surface area contributed by atoms with Crippen LogP contribution in [0, 0.1) is 18.6 Å². The number of hydrogen-bond acceptors (Lipinski definition) is 1. The quantitative estimate of drug-likeness (QED) is 0.823. The molecule has 118 valence electrons. The summed E-state index contributed by atoms with van der Waals surface area (Å²) in [7, 11) is 0. The summed E-state index contributed by atoms with van der Waals surface area (Å²) in [6.45, 7) is 5.23. The fourth-order valence-corrected chi connectivity index (χ4v) is 2.77. The third kappa shape index (κ3) is 2.89. The molecular weight excluding hydrogens is 299 g/mol. The van der Waals surface area contributed by atoms with E-state index < -0.39 is 17.8 Å². The lowest BCUT2D eigenvalue weighted by Gasteiger charge is -2.27. The molecule has 1 aliphatic heterocycles. The van der Waals surface area contributed by atoms with Crippen molar-refractivity contribution in [3.8, 4) is 0 Å². The van der Waals surface area contributed by atoms with Gasteiger partial charge in [0.2, 0.25) is 0 Å². The van der Waals surface area contributed by atoms with Gasteiger partial charge < -0.3 is 5.32 Å². The lowest BCUT2D eigenvalue weighted by atomic mass is 9.90. The smallest absolute Gasteiger partial charge is 0.143 e. The lowest BCUT2D eigenvalue weighted by Crippen LogP contribution is -2.27. The fraction of sp³-hybridized carbons (Fsp3) is 0.158. The highest BCUT2D eigenvalue weighted by Gasteiger charge is 2.28. The van der Waals surface area contributed by atoms with Crippen molar-refractivity contribution in [2.24, 2.45) is 0 Å². The Balaban J connectivity index is 2.25. The number of allylic oxidation sites excluding steroid dienone is 2. The zero-order valence-electron chi connectivity index (χ0n) is 12.7. The molecule has 0 fully saturated rings. The average molecular weight is 315 g/mol. The average Bonchev–Trinajstić information content (AvgIpc) is 2.50. The van der Waals surface area contributed by atoms with Crippen LogP contribution in [-0.2, 0) is 0 Å². The number of halogens is 3. The summed E-state index contributed by atoms with van der Waals surface area (Å²) in [4.78, 5) is 0. The summed E-state index contributed by atoms with van der Waals surface area (Å²) >= 11 is 0. The van der Waals surface area contributed by atoms with E-state index in [1.807, 2.05) is 6.07 Å². The van der Waals surface area contributed by atoms with Gasteiger partial charge in [-0.3, -0.25) is 0 Å². The topological polar surface area (TPSA) is 12.0 Å². The number of aryl methyl sites for hydroxylation is 1. The van der Waals surface area contributed by atoms with Gasteiger partial charge in [-0.2, -0.15) is 0 Å². The van der Waals surface area contributed by atoms with Crippen LogP contribution in [0.5, 0.6) is 0 Å². The van der Waals surface area contributed by atoms with Gasteiger partial charge in [0.15, 0.2) is 0 Å². The second kappa shape index (κ2) is 5.95. The summed E-state index contributed by atoms with van der Waals surface area (Å²) < 4.78 is 42.8. The first-order valence-electron chi connectivity index (χ1n) is 7.32. The maximum Gasteiger partial charge on any atom is 0.143 e. The molecule has 3 rings (SSSR count). The molecule has 23 heavy (non-hydrogen) atoms. The maximum atomic E-state index is 14.4. The molecule has 2 aromatic carbocycles. The Bertz CT molecular complexity index is 771. The summed E-state index contributed by atoms with van der Waals surface area (Å²) in [6.07, 6.45) is -1.27. The molecule has 4 heteroatoms. The molecule has 0 amide bonds. The van der Waals surface area contributed by atoms with E-state index in [1.165, 1.54) is 12.1 Å². The van der Waals surface area contributed by atoms with E-state index in [9.17, 15) is 13.2 Å². The van der Waals surface area contributed by atoms with Crippen LogP contribution in [0.1, 0.15) is 23.1 Å². The first-order chi connectivity index (χ1) is 11.0. The highest BCUT2D eigenvalue weighted by atomic mass is 19.1. The van der Waals surface area contributed by atoms with Crippen LogP contribution in [0.2, 0.25) is 0 Å². The molecule has 1 nitrogen and oxygen atoms in total. The van der Waals surface area contributed by atoms with Crippen LogP contribution in [0.4, 0.5) is 13.2 Å². The molecule has 0 aliphatic carbocycles. The summed E-state index contributed by atoms with van der Waals surface area (Å²) in [5, 5.41) is 2.76. The van der Waals surface area contributed by atoms with E-state index in [0.717, 1.165) is 5.56 Å². The van der Waals surface area contributed by atoms with Gasteiger partial charge in [0.1, 0.15) is 17.8 Å². The van der Waals surface area contributed by atoms with Crippen molar-refractivity contribution in [3.63, 3.8) is 0 Å². The van der Waals surface area contributed by atoms with Crippen molar-refractivity contribution in [2.45, 2.75) is 19.5 Å². The molecule has 2 aromatic rings. The molecule has 0 radical (unpaired) electrons. The number of nitrogens with one attached hydrogen (secondary N) is 1. The minimum absolute atomic E-state index is 0.0257. The van der Waals surface area contributed by atoms with Crippen LogP contribution >= 0.6 is 0 Å². The fourth-order valence-electron chi connectivity index (χ4n) is 2.77. The molecule has 1 heterocycles. The van der Waals surface area contributed by atoms with E-state index in [-0.39, 0.29) is 23.4 Å². The van der Waals surface area contributed by atoms with Crippen LogP contribution < -0.4 is 5.32 Å². The number of hydrogen-bond donors (Lipinski definition) is 1. The van der Waals surface area contributed by atoms with Gasteiger partial charge in [-0.1, -0.05) is 36.9 Å². The molecule has 1 N–H and O–H groups in total. The summed E-state index contributed by atoms with van der Waals surface area (Å²) in [5.74, 6) is -1.35. The Morgan fingerprint density at radius 3 is 2.30 bits per heavy atom. The summed E-state index contributed by atoms with van der Waals surface area (Å²) in [6, 6.07) is 11.6. The van der Waals surface area contributed by atoms with Crippen LogP contribution in [-0.4, -0.2) is 6.17 Å². The second-order valence-corrected chi connectivity index (χ2v) is 5.65. The van der Waals surface area contributed by atoms with Gasteiger partial charge in [0.25, 0.3) is 0 Å². The van der Waals surface area contributed by atoms with Gasteiger partial charge in [0.05, 0.1) is 11.3 Å². The molecule has 0 bridgehead atoms. The normalized spacial score (nSPS) is 18.1. The number of rotatable bonds is 2. The summed E-state index contributed by atoms with van der Waals surface area (Å²) in [5.41, 5.74) is 1.92. The molecule has 0 aromatic heterocycles. The zero-order chi connectivity index (χ0) is 16.6. The standard InChI is InChI=1S/C19H16F3N/c1-11-8-16(21)18(17(22)9-11)19-14(10-15(20)12(2)23-19)13-6-4-3-5-7-13/h3-9,15,23H,2,10H2,1H3. The van der Waals surface area contributed by atoms with Crippen molar-refractivity contribution in [3.05, 3.63) is 83.1 Å². The molecule has 1 atom stereocenters. The Hall–Kier alpha value is -2.49. The lowest BCUT2D eigenvalue weighted by molar-refractivity contribution is 0.374. The monoisotopic (exact) mass is 315 g/mol. The van der Waals surface area contributed by atoms with Crippen molar-refractivity contribution in [1.82, 2.24) is 5.32 Å². The highest BCUT2D eigenvalue weighted by Crippen LogP contribution is 2.37. The Morgan fingerprint density at radius 1 is 1.09 bits per heavy atom. The predicted molar refractivity (Wildman–Crippen MR) is 86.1 cm³/mol. The van der Waals surface area contributed by atoms with Gasteiger partial charge in [0, 0.05) is 12.1 Å². The largest absolute Gasteiger partial charge is 0.356 e. The Morgan fingerprint density at radius 2 is 1.70 bits per heavy atom. The number of alkyl halides is 1. The predicted octanol–water partition coefficient (Wildman–Crippen LogP) is 4.99. The first-order valence-corrected chi connectivity index (χ1v) is 7.32. The second-order valence-electron chi connectivity index (χ2n) is 5.65. The zero-order valence-corrected chi connectivity index (χ0v) is 12.7. The van der Waals surface area contributed by atoms with Crippen molar-refractivity contribution in [2.75, 3.05) is 0 Å². The SMILES string of the molecule is C=C1NC(c2c(F)cc(C)cc2F)=C(c2ccccc2)CC1F. The van der Waals surface area contributed by atoms with Gasteiger partial charge >= 0.3 is 0 Å². The van der Waals surface area contributed by atoms with Crippen LogP contribution in [0.15, 0.2) is 54.7 Å². The molecule has 1 aliphatic rings. The first kappa shape index (κ1) is 15.4. The molecule has 1 unspecified atom stereocenters. The maximum absolute atomic E-state index is 14.4. The minimum atomic E-state index is -1.30. The van der Waals surface area contributed by atoms with E-state index >= 15 is 0 Å². The van der Waals surface area contributed by atoms with Crippen LogP contribution in [0.25, 0.3) is 11.3 Å². The molecular formula is C19H16F3N. The van der Waals surface area contributed by atoms with E-state index in [0.29, 0.717) is 11.1 Å². The molecule has 0 saturated heterocycles. The van der Waals surface area contributed by atoms with E-state index in [4.69, 9.17) is 0 Å². The van der Waals surface area contributed by atoms with E-state index in [2.05, 4.69) is 11.9 Å². The third-order valence-electron chi connectivity index (χ3n) is 3.91. The van der Waals surface area contributed by atoms with Crippen LogP contribution in [0.3, 0.4) is 0 Å². The third-order valence-corrected chi connectivity index (χ3v) is 3.91. The van der Waals surface area contributed by atoms with Gasteiger partial charge in [-0.15, -0.1) is 0 Å². The van der Waals surface area contributed by atoms with Crippen molar-refractivity contribution in [1.29, 1.82) is 0 Å². The van der Waals surface area contributed by atoms with Crippen molar-refractivity contribution >= 4 is 11.3 Å². The Kier molecular flexibility index (Phi) is 3.99.